The summed E-state index contributed by atoms with van der Waals surface area (Å²) >= 11 is 0. The molecular formula is C12H21FN2O. The lowest BCUT2D eigenvalue weighted by molar-refractivity contribution is -0.120. The fourth-order valence-electron chi connectivity index (χ4n) is 1.97. The van der Waals surface area contributed by atoms with Gasteiger partial charge >= 0.3 is 0 Å². The van der Waals surface area contributed by atoms with Crippen LogP contribution >= 0.6 is 0 Å². The van der Waals surface area contributed by atoms with Crippen LogP contribution in [-0.2, 0) is 4.79 Å². The Labute approximate surface area is 96.5 Å². The molecule has 0 aromatic rings. The minimum Gasteiger partial charge on any atom is -0.362 e. The van der Waals surface area contributed by atoms with E-state index < -0.39 is 0 Å². The smallest absolute Gasteiger partial charge is 0.183 e. The molecule has 0 amide bonds. The van der Waals surface area contributed by atoms with Crippen LogP contribution in [0.3, 0.4) is 0 Å². The predicted octanol–water partition coefficient (Wildman–Crippen LogP) is 1.61. The molecule has 1 heterocycles. The molecule has 1 aliphatic heterocycles. The number of carbonyl (C=O) groups is 1. The van der Waals surface area contributed by atoms with E-state index in [9.17, 15) is 9.18 Å². The fraction of sp³-hybridized carbons (Fsp3) is 0.750. The van der Waals surface area contributed by atoms with Crippen molar-refractivity contribution in [2.24, 2.45) is 11.8 Å². The highest BCUT2D eigenvalue weighted by molar-refractivity contribution is 5.81. The number of Topliss-reactive ketones (excluding diaryl/α,β-unsaturated/α-hetero) is 1. The van der Waals surface area contributed by atoms with Gasteiger partial charge in [0, 0.05) is 13.1 Å². The Bertz CT molecular complexity index is 276. The van der Waals surface area contributed by atoms with Crippen LogP contribution in [0.15, 0.2) is 12.0 Å². The van der Waals surface area contributed by atoms with Gasteiger partial charge in [0.2, 0.25) is 0 Å². The molecule has 0 radical (unpaired) electrons. The topological polar surface area (TPSA) is 41.1 Å². The summed E-state index contributed by atoms with van der Waals surface area (Å²) in [5, 5.41) is 5.95. The lowest BCUT2D eigenvalue weighted by Gasteiger charge is -2.25. The van der Waals surface area contributed by atoms with Gasteiger partial charge in [-0.1, -0.05) is 13.8 Å². The SMILES string of the molecule is CC(=O)[C@H](NCC1CC=C(F)NC1)C(C)C. The maximum Gasteiger partial charge on any atom is 0.183 e. The van der Waals surface area contributed by atoms with Crippen molar-refractivity contribution in [2.75, 3.05) is 13.1 Å². The van der Waals surface area contributed by atoms with E-state index in [4.69, 9.17) is 0 Å². The van der Waals surface area contributed by atoms with E-state index in [0.717, 1.165) is 13.0 Å². The standard InChI is InChI=1S/C12H21FN2O/c1-8(2)12(9(3)16)15-7-10-4-5-11(13)14-6-10/h5,8,10,12,14-15H,4,6-7H2,1-3H3/t10?,12-/m1/s1. The first-order chi connectivity index (χ1) is 7.50. The molecule has 0 saturated heterocycles. The lowest BCUT2D eigenvalue weighted by Crippen LogP contribution is -2.44. The van der Waals surface area contributed by atoms with Gasteiger partial charge in [-0.05, 0) is 31.3 Å². The minimum absolute atomic E-state index is 0.0873. The molecule has 3 nitrogen and oxygen atoms in total. The average molecular weight is 228 g/mol. The summed E-state index contributed by atoms with van der Waals surface area (Å²) in [6, 6.07) is -0.0873. The van der Waals surface area contributed by atoms with E-state index in [1.165, 1.54) is 0 Å². The van der Waals surface area contributed by atoms with Crippen molar-refractivity contribution < 1.29 is 9.18 Å². The number of ketones is 1. The summed E-state index contributed by atoms with van der Waals surface area (Å²) in [6.45, 7) is 7.04. The molecule has 2 atom stereocenters. The minimum atomic E-state index is -0.233. The molecular weight excluding hydrogens is 207 g/mol. The van der Waals surface area contributed by atoms with Gasteiger partial charge in [-0.3, -0.25) is 4.79 Å². The Kier molecular flexibility index (Phi) is 4.93. The third-order valence-electron chi connectivity index (χ3n) is 2.92. The zero-order valence-electron chi connectivity index (χ0n) is 10.2. The summed E-state index contributed by atoms with van der Waals surface area (Å²) < 4.78 is 12.7. The summed E-state index contributed by atoms with van der Waals surface area (Å²) in [5.41, 5.74) is 0. The van der Waals surface area contributed by atoms with Gasteiger partial charge in [0.1, 0.15) is 5.78 Å². The van der Waals surface area contributed by atoms with Crippen LogP contribution in [0.1, 0.15) is 27.2 Å². The molecule has 92 valence electrons. The van der Waals surface area contributed by atoms with Crippen molar-refractivity contribution in [3.05, 3.63) is 12.0 Å². The number of hydrogen-bond acceptors (Lipinski definition) is 3. The third kappa shape index (κ3) is 3.93. The second-order valence-electron chi connectivity index (χ2n) is 4.78. The lowest BCUT2D eigenvalue weighted by atomic mass is 9.98. The van der Waals surface area contributed by atoms with Gasteiger partial charge in [0.05, 0.1) is 6.04 Å². The van der Waals surface area contributed by atoms with Crippen LogP contribution < -0.4 is 10.6 Å². The largest absolute Gasteiger partial charge is 0.362 e. The van der Waals surface area contributed by atoms with Crippen molar-refractivity contribution >= 4 is 5.78 Å². The normalized spacial score (nSPS) is 22.6. The summed E-state index contributed by atoms with van der Waals surface area (Å²) in [7, 11) is 0. The van der Waals surface area contributed by atoms with Gasteiger partial charge in [0.15, 0.2) is 5.95 Å². The molecule has 4 heteroatoms. The first-order valence-electron chi connectivity index (χ1n) is 5.84. The van der Waals surface area contributed by atoms with Crippen LogP contribution in [-0.4, -0.2) is 24.9 Å². The molecule has 1 rings (SSSR count). The number of rotatable bonds is 5. The second-order valence-corrected chi connectivity index (χ2v) is 4.78. The summed E-state index contributed by atoms with van der Waals surface area (Å²) in [4.78, 5) is 11.4. The van der Waals surface area contributed by atoms with E-state index >= 15 is 0 Å². The number of halogens is 1. The third-order valence-corrected chi connectivity index (χ3v) is 2.92. The highest BCUT2D eigenvalue weighted by Crippen LogP contribution is 2.12. The van der Waals surface area contributed by atoms with Crippen molar-refractivity contribution in [3.63, 3.8) is 0 Å². The van der Waals surface area contributed by atoms with E-state index in [0.29, 0.717) is 18.4 Å². The molecule has 1 unspecified atom stereocenters. The van der Waals surface area contributed by atoms with E-state index in [2.05, 4.69) is 10.6 Å². The number of hydrogen-bond donors (Lipinski definition) is 2. The van der Waals surface area contributed by atoms with Gasteiger partial charge in [0.25, 0.3) is 0 Å². The molecule has 0 aliphatic carbocycles. The predicted molar refractivity (Wildman–Crippen MR) is 62.6 cm³/mol. The first kappa shape index (κ1) is 13.2. The molecule has 0 aromatic heterocycles. The quantitative estimate of drug-likeness (QED) is 0.702. The first-order valence-corrected chi connectivity index (χ1v) is 5.84. The molecule has 2 N–H and O–H groups in total. The Morgan fingerprint density at radius 3 is 2.81 bits per heavy atom. The van der Waals surface area contributed by atoms with Gasteiger partial charge in [-0.25, -0.2) is 0 Å². The molecule has 16 heavy (non-hydrogen) atoms. The van der Waals surface area contributed by atoms with Crippen LogP contribution in [0.5, 0.6) is 0 Å². The zero-order chi connectivity index (χ0) is 12.1. The van der Waals surface area contributed by atoms with Crippen LogP contribution in [0.25, 0.3) is 0 Å². The number of allylic oxidation sites excluding steroid dienone is 1. The molecule has 0 fully saturated rings. The van der Waals surface area contributed by atoms with Gasteiger partial charge in [-0.15, -0.1) is 0 Å². The molecule has 0 bridgehead atoms. The van der Waals surface area contributed by atoms with Crippen molar-refractivity contribution in [2.45, 2.75) is 33.2 Å². The van der Waals surface area contributed by atoms with Crippen molar-refractivity contribution in [3.8, 4) is 0 Å². The maximum atomic E-state index is 12.7. The molecule has 1 aliphatic rings. The molecule has 0 saturated carbocycles. The fourth-order valence-corrected chi connectivity index (χ4v) is 1.97. The van der Waals surface area contributed by atoms with E-state index in [1.807, 2.05) is 13.8 Å². The van der Waals surface area contributed by atoms with Crippen molar-refractivity contribution in [1.29, 1.82) is 0 Å². The Hall–Kier alpha value is -0.900. The van der Waals surface area contributed by atoms with Crippen LogP contribution in [0.2, 0.25) is 0 Å². The summed E-state index contributed by atoms with van der Waals surface area (Å²) in [6.07, 6.45) is 2.29. The Morgan fingerprint density at radius 1 is 1.69 bits per heavy atom. The maximum absolute atomic E-state index is 12.7. The molecule has 0 spiro atoms. The zero-order valence-corrected chi connectivity index (χ0v) is 10.2. The number of nitrogens with one attached hydrogen (secondary N) is 2. The second kappa shape index (κ2) is 5.99. The van der Waals surface area contributed by atoms with Gasteiger partial charge in [-0.2, -0.15) is 4.39 Å². The van der Waals surface area contributed by atoms with Crippen LogP contribution in [0.4, 0.5) is 4.39 Å². The Balaban J connectivity index is 2.36. The van der Waals surface area contributed by atoms with E-state index in [-0.39, 0.29) is 17.8 Å². The molecule has 0 aromatic carbocycles. The Morgan fingerprint density at radius 2 is 2.38 bits per heavy atom. The summed E-state index contributed by atoms with van der Waals surface area (Å²) in [5.74, 6) is 0.588. The average Bonchev–Trinajstić information content (AvgIpc) is 2.20. The van der Waals surface area contributed by atoms with E-state index in [1.54, 1.807) is 13.0 Å². The highest BCUT2D eigenvalue weighted by Gasteiger charge is 2.20. The van der Waals surface area contributed by atoms with Crippen LogP contribution in [0, 0.1) is 11.8 Å². The monoisotopic (exact) mass is 228 g/mol. The van der Waals surface area contributed by atoms with Gasteiger partial charge < -0.3 is 10.6 Å². The highest BCUT2D eigenvalue weighted by atomic mass is 19.1. The number of carbonyl (C=O) groups excluding carboxylic acids is 1. The van der Waals surface area contributed by atoms with Crippen molar-refractivity contribution in [1.82, 2.24) is 10.6 Å².